The van der Waals surface area contributed by atoms with E-state index >= 15 is 0 Å². The average Bonchev–Trinajstić information content (AvgIpc) is 2.04. The van der Waals surface area contributed by atoms with Gasteiger partial charge in [-0.1, -0.05) is 0 Å². The molecule has 0 fully saturated rings. The molecule has 0 aromatic carbocycles. The predicted octanol–water partition coefficient (Wildman–Crippen LogP) is 0.429. The summed E-state index contributed by atoms with van der Waals surface area (Å²) in [5.74, 6) is -2.28. The van der Waals surface area contributed by atoms with Crippen LogP contribution in [0.25, 0.3) is 0 Å². The van der Waals surface area contributed by atoms with Gasteiger partial charge in [0.2, 0.25) is 0 Å². The minimum atomic E-state index is -2.28. The van der Waals surface area contributed by atoms with Crippen molar-refractivity contribution in [2.45, 2.75) is 24.2 Å². The maximum absolute atomic E-state index is 13.4. The summed E-state index contributed by atoms with van der Waals surface area (Å²) in [7, 11) is 6.64. The second-order valence-corrected chi connectivity index (χ2v) is 3.42. The summed E-state index contributed by atoms with van der Waals surface area (Å²) in [5, 5.41) is 8.13. The molecule has 0 aliphatic rings. The number of methoxy groups -OCH3 is 1. The summed E-state index contributed by atoms with van der Waals surface area (Å²) in [5.41, 5.74) is 0. The molecule has 0 saturated carbocycles. The third-order valence-electron chi connectivity index (χ3n) is 1.40. The molecular weight excluding hydrogens is 197 g/mol. The van der Waals surface area contributed by atoms with E-state index in [0.717, 1.165) is 0 Å². The molecule has 0 aromatic rings. The zero-order valence-electron chi connectivity index (χ0n) is 7.67. The number of ether oxygens (including phenoxy) is 2. The lowest BCUT2D eigenvalue weighted by molar-refractivity contribution is -0.206. The molecule has 2 unspecified atom stereocenters. The van der Waals surface area contributed by atoms with Crippen LogP contribution in [0.4, 0.5) is 4.39 Å². The van der Waals surface area contributed by atoms with Crippen molar-refractivity contribution in [3.8, 4) is 0 Å². The number of hydrogen-bond acceptors (Lipinski definition) is 3. The zero-order chi connectivity index (χ0) is 10.5. The van der Waals surface area contributed by atoms with Gasteiger partial charge in [-0.3, -0.25) is 0 Å². The van der Waals surface area contributed by atoms with E-state index in [1.807, 2.05) is 0 Å². The van der Waals surface area contributed by atoms with Crippen molar-refractivity contribution in [1.29, 1.82) is 0 Å². The Morgan fingerprint density at radius 1 is 1.69 bits per heavy atom. The first-order valence-electron chi connectivity index (χ1n) is 3.81. The third kappa shape index (κ3) is 4.81. The van der Waals surface area contributed by atoms with E-state index in [4.69, 9.17) is 29.3 Å². The van der Waals surface area contributed by atoms with Gasteiger partial charge in [0.15, 0.2) is 0 Å². The van der Waals surface area contributed by atoms with Crippen molar-refractivity contribution in [2.24, 2.45) is 0 Å². The molecule has 0 aromatic heterocycles. The molecule has 0 bridgehead atoms. The van der Waals surface area contributed by atoms with E-state index in [0.29, 0.717) is 0 Å². The van der Waals surface area contributed by atoms with Crippen LogP contribution in [-0.4, -0.2) is 50.5 Å². The number of hydrogen-bond donors (Lipinski definition) is 1. The van der Waals surface area contributed by atoms with Crippen LogP contribution in [0.3, 0.4) is 0 Å². The second-order valence-electron chi connectivity index (χ2n) is 2.73. The molecular formula is C7H13BClFO3. The van der Waals surface area contributed by atoms with Crippen LogP contribution in [0.5, 0.6) is 0 Å². The van der Waals surface area contributed by atoms with E-state index in [9.17, 15) is 4.39 Å². The van der Waals surface area contributed by atoms with Crippen LogP contribution in [0, 0.1) is 0 Å². The smallest absolute Gasteiger partial charge is 0.255 e. The fraction of sp³-hybridized carbons (Fsp3) is 1.00. The van der Waals surface area contributed by atoms with E-state index < -0.39 is 23.8 Å². The van der Waals surface area contributed by atoms with Gasteiger partial charge in [0.05, 0.1) is 0 Å². The highest BCUT2D eigenvalue weighted by atomic mass is 35.5. The monoisotopic (exact) mass is 210 g/mol. The number of aliphatic hydroxyl groups excluding tert-OH is 1. The molecule has 0 spiro atoms. The number of halogens is 2. The molecule has 0 heterocycles. The molecule has 6 heteroatoms. The number of aliphatic hydroxyl groups is 1. The van der Waals surface area contributed by atoms with Crippen molar-refractivity contribution >= 4 is 19.4 Å². The van der Waals surface area contributed by atoms with Crippen molar-refractivity contribution in [1.82, 2.24) is 0 Å². The summed E-state index contributed by atoms with van der Waals surface area (Å²) < 4.78 is 22.6. The lowest BCUT2D eigenvalue weighted by atomic mass is 9.97. The van der Waals surface area contributed by atoms with E-state index in [1.54, 1.807) is 6.92 Å². The van der Waals surface area contributed by atoms with Gasteiger partial charge in [0.25, 0.3) is 5.85 Å². The van der Waals surface area contributed by atoms with Crippen LogP contribution < -0.4 is 0 Å². The molecule has 0 rings (SSSR count). The van der Waals surface area contributed by atoms with Gasteiger partial charge in [-0.25, -0.2) is 4.39 Å². The number of alkyl halides is 2. The van der Waals surface area contributed by atoms with Crippen LogP contribution in [-0.2, 0) is 9.47 Å². The Balaban J connectivity index is 4.09. The standard InChI is InChI=1S/C7H13BClFO3/c1-5(9)6(8)13-7(10,3-11)4-12-2/h5-6,11H,3-4H2,1-2H3/t5-,6?,7?/m1/s1. The first-order chi connectivity index (χ1) is 5.95. The van der Waals surface area contributed by atoms with Crippen LogP contribution in [0.1, 0.15) is 6.92 Å². The molecule has 0 amide bonds. The van der Waals surface area contributed by atoms with Gasteiger partial charge >= 0.3 is 0 Å². The summed E-state index contributed by atoms with van der Waals surface area (Å²) in [6.45, 7) is 0.357. The SMILES string of the molecule is [B]C(OC(F)(CO)COC)[C@@H](C)Cl. The van der Waals surface area contributed by atoms with E-state index in [-0.39, 0.29) is 6.61 Å². The quantitative estimate of drug-likeness (QED) is 0.510. The Kier molecular flexibility index (Phi) is 5.88. The molecule has 1 N–H and O–H groups in total. The second kappa shape index (κ2) is 5.80. The van der Waals surface area contributed by atoms with Crippen LogP contribution >= 0.6 is 11.6 Å². The molecule has 0 aliphatic heterocycles. The highest BCUT2D eigenvalue weighted by molar-refractivity contribution is 6.26. The van der Waals surface area contributed by atoms with Crippen LogP contribution in [0.15, 0.2) is 0 Å². The normalized spacial score (nSPS) is 20.7. The first kappa shape index (κ1) is 13.2. The lowest BCUT2D eigenvalue weighted by Crippen LogP contribution is -2.42. The highest BCUT2D eigenvalue weighted by Gasteiger charge is 2.32. The van der Waals surface area contributed by atoms with Gasteiger partial charge in [0.1, 0.15) is 21.1 Å². The zero-order valence-corrected chi connectivity index (χ0v) is 8.42. The number of rotatable bonds is 6. The Bertz CT molecular complexity index is 150. The third-order valence-corrected chi connectivity index (χ3v) is 1.64. The van der Waals surface area contributed by atoms with Gasteiger partial charge in [0, 0.05) is 18.5 Å². The summed E-state index contributed by atoms with van der Waals surface area (Å²) >= 11 is 5.55. The molecule has 13 heavy (non-hydrogen) atoms. The Morgan fingerprint density at radius 2 is 2.23 bits per heavy atom. The molecule has 0 saturated heterocycles. The van der Waals surface area contributed by atoms with Crippen molar-refractivity contribution in [2.75, 3.05) is 20.3 Å². The van der Waals surface area contributed by atoms with Gasteiger partial charge in [-0.05, 0) is 6.92 Å². The minimum Gasteiger partial charge on any atom is -0.390 e. The summed E-state index contributed by atoms with van der Waals surface area (Å²) in [6.07, 6.45) is 0. The fourth-order valence-corrected chi connectivity index (χ4v) is 0.722. The van der Waals surface area contributed by atoms with E-state index in [2.05, 4.69) is 4.74 Å². The first-order valence-corrected chi connectivity index (χ1v) is 4.25. The molecule has 0 aliphatic carbocycles. The summed E-state index contributed by atoms with van der Waals surface area (Å²) in [4.78, 5) is 0. The summed E-state index contributed by atoms with van der Waals surface area (Å²) in [6, 6.07) is -0.978. The molecule has 2 radical (unpaired) electrons. The highest BCUT2D eigenvalue weighted by Crippen LogP contribution is 2.17. The van der Waals surface area contributed by atoms with Gasteiger partial charge in [-0.2, -0.15) is 0 Å². The minimum absolute atomic E-state index is 0.388. The van der Waals surface area contributed by atoms with Gasteiger partial charge < -0.3 is 14.6 Å². The van der Waals surface area contributed by atoms with Crippen LogP contribution in [0.2, 0.25) is 0 Å². The lowest BCUT2D eigenvalue weighted by Gasteiger charge is -2.28. The topological polar surface area (TPSA) is 38.7 Å². The van der Waals surface area contributed by atoms with E-state index in [1.165, 1.54) is 7.11 Å². The fourth-order valence-electron chi connectivity index (χ4n) is 0.670. The Labute approximate surface area is 83.6 Å². The maximum atomic E-state index is 13.4. The molecule has 3 nitrogen and oxygen atoms in total. The largest absolute Gasteiger partial charge is 0.390 e. The van der Waals surface area contributed by atoms with Crippen molar-refractivity contribution in [3.63, 3.8) is 0 Å². The maximum Gasteiger partial charge on any atom is 0.255 e. The van der Waals surface area contributed by atoms with Crippen molar-refractivity contribution in [3.05, 3.63) is 0 Å². The molecule has 3 atom stereocenters. The Morgan fingerprint density at radius 3 is 2.54 bits per heavy atom. The Hall–Kier alpha value is 0.165. The predicted molar refractivity (Wildman–Crippen MR) is 48.7 cm³/mol. The average molecular weight is 210 g/mol. The van der Waals surface area contributed by atoms with Crippen molar-refractivity contribution < 1.29 is 19.0 Å². The molecule has 76 valence electrons. The van der Waals surface area contributed by atoms with Gasteiger partial charge in [-0.15, -0.1) is 11.6 Å².